The molecule has 0 bridgehead atoms. The van der Waals surface area contributed by atoms with E-state index in [9.17, 15) is 18.7 Å². The molecule has 0 radical (unpaired) electrons. The molecule has 0 spiro atoms. The molecule has 8 nitrogen and oxygen atoms in total. The lowest BCUT2D eigenvalue weighted by molar-refractivity contribution is -0.127. The van der Waals surface area contributed by atoms with Crippen molar-refractivity contribution in [3.63, 3.8) is 0 Å². The van der Waals surface area contributed by atoms with Gasteiger partial charge in [0.2, 0.25) is 11.9 Å². The zero-order valence-corrected chi connectivity index (χ0v) is 22.1. The van der Waals surface area contributed by atoms with E-state index < -0.39 is 11.6 Å². The van der Waals surface area contributed by atoms with E-state index in [0.717, 1.165) is 83.1 Å². The van der Waals surface area contributed by atoms with Crippen molar-refractivity contribution in [1.29, 1.82) is 0 Å². The Balaban J connectivity index is 1.28. The summed E-state index contributed by atoms with van der Waals surface area (Å²) in [5.74, 6) is 0.323. The number of aliphatic hydroxyl groups is 1. The van der Waals surface area contributed by atoms with E-state index in [1.807, 2.05) is 4.57 Å². The highest BCUT2D eigenvalue weighted by atomic mass is 19.1. The normalized spacial score (nSPS) is 26.1. The number of aliphatic hydroxyl groups excluding tert-OH is 1. The minimum Gasteiger partial charge on any atom is -0.393 e. The molecule has 0 amide bonds. The number of carbonyl (C=O) groups excluding carboxylic acids is 1. The molecule has 6 rings (SSSR count). The number of benzene rings is 1. The Morgan fingerprint density at radius 3 is 2.36 bits per heavy atom. The lowest BCUT2D eigenvalue weighted by atomic mass is 9.79. The maximum atomic E-state index is 14.6. The molecule has 10 heteroatoms. The van der Waals surface area contributed by atoms with Crippen LogP contribution in [0.15, 0.2) is 24.4 Å². The summed E-state index contributed by atoms with van der Waals surface area (Å²) in [7, 11) is 0. The third-order valence-electron chi connectivity index (χ3n) is 8.86. The second-order valence-electron chi connectivity index (χ2n) is 11.5. The summed E-state index contributed by atoms with van der Waals surface area (Å²) in [4.78, 5) is 27.1. The lowest BCUT2D eigenvalue weighted by Crippen LogP contribution is -2.29. The number of hydrogen-bond acceptors (Lipinski definition) is 7. The van der Waals surface area contributed by atoms with Crippen molar-refractivity contribution in [3.05, 3.63) is 36.0 Å². The molecule has 1 aromatic carbocycles. The van der Waals surface area contributed by atoms with Gasteiger partial charge in [0.15, 0.2) is 5.65 Å². The number of rotatable bonds is 7. The van der Waals surface area contributed by atoms with Crippen LogP contribution >= 0.6 is 0 Å². The van der Waals surface area contributed by atoms with E-state index in [1.54, 1.807) is 6.20 Å². The number of hydrogen-bond donors (Lipinski definition) is 3. The van der Waals surface area contributed by atoms with Crippen LogP contribution in [0.3, 0.4) is 0 Å². The molecular weight excluding hydrogens is 502 g/mol. The third-order valence-corrected chi connectivity index (χ3v) is 8.86. The highest BCUT2D eigenvalue weighted by Crippen LogP contribution is 2.40. The average Bonchev–Trinajstić information content (AvgIpc) is 3.60. The van der Waals surface area contributed by atoms with Gasteiger partial charge in [0.05, 0.1) is 18.0 Å². The molecule has 0 unspecified atom stereocenters. The zero-order chi connectivity index (χ0) is 26.9. The third kappa shape index (κ3) is 5.62. The number of carbonyl (C=O) groups is 1. The molecule has 3 aromatic rings. The topological polar surface area (TPSA) is 105 Å². The second-order valence-corrected chi connectivity index (χ2v) is 11.5. The molecule has 0 atom stereocenters. The molecule has 3 aliphatic carbocycles. The SMILES string of the molecule is O=C(C1CCCC1)C1CCC(n2c(Nc3ccc(F)cc3F)nc3cnc(NC4CCC(O)CC4)nc32)CC1. The highest BCUT2D eigenvalue weighted by molar-refractivity contribution is 5.83. The summed E-state index contributed by atoms with van der Waals surface area (Å²) in [5, 5.41) is 16.3. The van der Waals surface area contributed by atoms with Gasteiger partial charge in [0.1, 0.15) is 22.9 Å². The Hall–Kier alpha value is -3.14. The summed E-state index contributed by atoms with van der Waals surface area (Å²) in [6, 6.07) is 3.63. The fourth-order valence-corrected chi connectivity index (χ4v) is 6.67. The van der Waals surface area contributed by atoms with Gasteiger partial charge in [-0.25, -0.2) is 18.7 Å². The van der Waals surface area contributed by atoms with E-state index in [1.165, 1.54) is 12.1 Å². The van der Waals surface area contributed by atoms with Crippen molar-refractivity contribution in [2.24, 2.45) is 11.8 Å². The average molecular weight is 539 g/mol. The van der Waals surface area contributed by atoms with Crippen molar-refractivity contribution in [3.8, 4) is 0 Å². The first-order valence-electron chi connectivity index (χ1n) is 14.4. The molecule has 0 saturated heterocycles. The van der Waals surface area contributed by atoms with E-state index in [-0.39, 0.29) is 35.7 Å². The van der Waals surface area contributed by atoms with Crippen LogP contribution < -0.4 is 10.6 Å². The number of anilines is 3. The van der Waals surface area contributed by atoms with Crippen LogP contribution in [-0.4, -0.2) is 42.6 Å². The number of nitrogens with one attached hydrogen (secondary N) is 2. The number of nitrogens with zero attached hydrogens (tertiary/aromatic N) is 4. The van der Waals surface area contributed by atoms with Crippen LogP contribution in [-0.2, 0) is 4.79 Å². The standard InChI is InChI=1S/C29H36F2N6O2/c30-19-7-14-24(23(31)15-19)34-29-35-25-16-32-28(33-20-8-12-22(38)13-9-20)36-27(25)37(29)21-10-5-18(6-11-21)26(39)17-3-1-2-4-17/h7,14-18,20-22,38H,1-6,8-13H2,(H,34,35)(H,32,33,36). The molecular formula is C29H36F2N6O2. The highest BCUT2D eigenvalue weighted by Gasteiger charge is 2.34. The number of aromatic nitrogens is 4. The molecule has 0 aliphatic heterocycles. The van der Waals surface area contributed by atoms with Crippen LogP contribution in [0.5, 0.6) is 0 Å². The predicted octanol–water partition coefficient (Wildman–Crippen LogP) is 6.05. The van der Waals surface area contributed by atoms with Gasteiger partial charge in [-0.3, -0.25) is 9.36 Å². The quantitative estimate of drug-likeness (QED) is 0.336. The monoisotopic (exact) mass is 538 g/mol. The van der Waals surface area contributed by atoms with Crippen molar-refractivity contribution < 1.29 is 18.7 Å². The fourth-order valence-electron chi connectivity index (χ4n) is 6.67. The van der Waals surface area contributed by atoms with Gasteiger partial charge in [-0.1, -0.05) is 12.8 Å². The van der Waals surface area contributed by atoms with Gasteiger partial charge < -0.3 is 15.7 Å². The number of imidazole rings is 1. The van der Waals surface area contributed by atoms with Gasteiger partial charge in [-0.05, 0) is 76.3 Å². The fraction of sp³-hybridized carbons (Fsp3) is 0.586. The van der Waals surface area contributed by atoms with E-state index in [2.05, 4.69) is 15.6 Å². The van der Waals surface area contributed by atoms with Crippen LogP contribution in [0.2, 0.25) is 0 Å². The minimum atomic E-state index is -0.701. The van der Waals surface area contributed by atoms with Gasteiger partial charge in [0, 0.05) is 30.0 Å². The molecule has 3 N–H and O–H groups in total. The molecule has 208 valence electrons. The first kappa shape index (κ1) is 26.1. The Kier molecular flexibility index (Phi) is 7.47. The van der Waals surface area contributed by atoms with Crippen molar-refractivity contribution in [2.45, 2.75) is 95.2 Å². The first-order chi connectivity index (χ1) is 18.9. The molecule has 3 fully saturated rings. The van der Waals surface area contributed by atoms with Gasteiger partial charge in [-0.2, -0.15) is 4.98 Å². The van der Waals surface area contributed by atoms with E-state index in [0.29, 0.717) is 28.8 Å². The molecule has 2 heterocycles. The van der Waals surface area contributed by atoms with Crippen LogP contribution in [0.4, 0.5) is 26.4 Å². The summed E-state index contributed by atoms with van der Waals surface area (Å²) in [6.45, 7) is 0. The lowest BCUT2D eigenvalue weighted by Gasteiger charge is -2.31. The Morgan fingerprint density at radius 1 is 0.923 bits per heavy atom. The smallest absolute Gasteiger partial charge is 0.224 e. The van der Waals surface area contributed by atoms with Crippen LogP contribution in [0, 0.1) is 23.5 Å². The van der Waals surface area contributed by atoms with Gasteiger partial charge >= 0.3 is 0 Å². The maximum Gasteiger partial charge on any atom is 0.224 e. The Labute approximate surface area is 226 Å². The summed E-state index contributed by atoms with van der Waals surface area (Å²) >= 11 is 0. The first-order valence-corrected chi connectivity index (χ1v) is 14.4. The number of ketones is 1. The zero-order valence-electron chi connectivity index (χ0n) is 22.1. The molecule has 3 saturated carbocycles. The number of Topliss-reactive ketones (excluding diaryl/α,β-unsaturated/α-hetero) is 1. The number of fused-ring (bicyclic) bond motifs is 1. The summed E-state index contributed by atoms with van der Waals surface area (Å²) in [5.41, 5.74) is 1.35. The van der Waals surface area contributed by atoms with E-state index in [4.69, 9.17) is 9.97 Å². The second kappa shape index (κ2) is 11.2. The summed E-state index contributed by atoms with van der Waals surface area (Å²) in [6.07, 6.45) is 12.2. The Morgan fingerprint density at radius 2 is 1.64 bits per heavy atom. The number of halogens is 2. The van der Waals surface area contributed by atoms with Crippen LogP contribution in [0.1, 0.15) is 83.1 Å². The Bertz CT molecular complexity index is 1320. The van der Waals surface area contributed by atoms with Gasteiger partial charge in [-0.15, -0.1) is 0 Å². The minimum absolute atomic E-state index is 0.0289. The van der Waals surface area contributed by atoms with E-state index >= 15 is 0 Å². The van der Waals surface area contributed by atoms with Crippen molar-refractivity contribution in [2.75, 3.05) is 10.6 Å². The maximum absolute atomic E-state index is 14.6. The van der Waals surface area contributed by atoms with Gasteiger partial charge in [0.25, 0.3) is 0 Å². The molecule has 2 aromatic heterocycles. The molecule has 3 aliphatic rings. The summed E-state index contributed by atoms with van der Waals surface area (Å²) < 4.78 is 30.1. The van der Waals surface area contributed by atoms with Crippen LogP contribution in [0.25, 0.3) is 11.2 Å². The van der Waals surface area contributed by atoms with Crippen molar-refractivity contribution >= 4 is 34.5 Å². The largest absolute Gasteiger partial charge is 0.393 e. The predicted molar refractivity (Wildman–Crippen MR) is 145 cm³/mol. The molecule has 39 heavy (non-hydrogen) atoms. The van der Waals surface area contributed by atoms with Crippen molar-refractivity contribution in [1.82, 2.24) is 19.5 Å².